The van der Waals surface area contributed by atoms with Gasteiger partial charge in [0.2, 0.25) is 0 Å². The summed E-state index contributed by atoms with van der Waals surface area (Å²) in [5, 5.41) is 22.6. The molecule has 1 saturated carbocycles. The summed E-state index contributed by atoms with van der Waals surface area (Å²) < 4.78 is 8.27. The van der Waals surface area contributed by atoms with E-state index in [9.17, 15) is 10.2 Å². The van der Waals surface area contributed by atoms with Gasteiger partial charge in [0.25, 0.3) is 0 Å². The Bertz CT molecular complexity index is 1050. The number of aliphatic hydroxyl groups excluding tert-OH is 2. The molecular weight excluding hydrogens is 366 g/mol. The molecule has 2 N–H and O–H groups in total. The summed E-state index contributed by atoms with van der Waals surface area (Å²) in [6.07, 6.45) is 2.91. The Balaban J connectivity index is 1.42. The third-order valence-corrected chi connectivity index (χ3v) is 6.48. The lowest BCUT2D eigenvalue weighted by atomic mass is 9.99. The van der Waals surface area contributed by atoms with Gasteiger partial charge in [-0.25, -0.2) is 4.98 Å². The first-order valence-electron chi connectivity index (χ1n) is 10.3. The topological polar surface area (TPSA) is 70.8 Å². The van der Waals surface area contributed by atoms with Crippen molar-refractivity contribution in [1.29, 1.82) is 0 Å². The van der Waals surface area contributed by atoms with E-state index in [0.29, 0.717) is 6.42 Å². The summed E-state index contributed by atoms with van der Waals surface area (Å²) in [6.45, 7) is 3.95. The van der Waals surface area contributed by atoms with E-state index < -0.39 is 18.3 Å². The summed E-state index contributed by atoms with van der Waals surface area (Å²) in [5.41, 5.74) is 4.48. The standard InChI is InChI=1S/C23H27N3O3/c1-14-6-9-24-23-16(14)8-11-26(23)18-12-20(22(28)21(18)27)29-19-5-3-4-15-13-25(2)10-7-17(15)19/h3-6,8-9,11,18,20-22,27-28H,7,10,12-13H2,1-2H3/t18?,20-,21-,22+/m0/s1. The summed E-state index contributed by atoms with van der Waals surface area (Å²) in [6, 6.07) is 9.86. The van der Waals surface area contributed by atoms with Crippen LogP contribution in [-0.2, 0) is 13.0 Å². The van der Waals surface area contributed by atoms with Crippen molar-refractivity contribution in [2.45, 2.75) is 50.7 Å². The van der Waals surface area contributed by atoms with Gasteiger partial charge in [-0.3, -0.25) is 0 Å². The monoisotopic (exact) mass is 393 g/mol. The molecule has 3 heterocycles. The molecule has 6 heteroatoms. The molecule has 0 bridgehead atoms. The Kier molecular flexibility index (Phi) is 4.57. The number of ether oxygens (including phenoxy) is 1. The van der Waals surface area contributed by atoms with E-state index in [0.717, 1.165) is 41.9 Å². The number of fused-ring (bicyclic) bond motifs is 2. The molecule has 1 aliphatic carbocycles. The van der Waals surface area contributed by atoms with Gasteiger partial charge in [-0.15, -0.1) is 0 Å². The van der Waals surface area contributed by atoms with Crippen molar-refractivity contribution in [3.05, 3.63) is 59.4 Å². The van der Waals surface area contributed by atoms with Crippen molar-refractivity contribution in [2.24, 2.45) is 0 Å². The molecule has 2 aliphatic rings. The maximum absolute atomic E-state index is 10.8. The molecule has 29 heavy (non-hydrogen) atoms. The maximum atomic E-state index is 10.8. The molecule has 0 saturated heterocycles. The number of benzene rings is 1. The van der Waals surface area contributed by atoms with Crippen LogP contribution in [0.2, 0.25) is 0 Å². The Morgan fingerprint density at radius 2 is 2.00 bits per heavy atom. The fourth-order valence-electron chi connectivity index (χ4n) is 4.81. The van der Waals surface area contributed by atoms with Crippen LogP contribution in [0, 0.1) is 6.92 Å². The lowest BCUT2D eigenvalue weighted by molar-refractivity contribution is -0.0166. The number of rotatable bonds is 3. The zero-order valence-corrected chi connectivity index (χ0v) is 16.8. The molecule has 4 atom stereocenters. The van der Waals surface area contributed by atoms with Crippen LogP contribution in [0.1, 0.15) is 29.2 Å². The largest absolute Gasteiger partial charge is 0.487 e. The quantitative estimate of drug-likeness (QED) is 0.715. The van der Waals surface area contributed by atoms with Crippen LogP contribution in [0.15, 0.2) is 42.7 Å². The highest BCUT2D eigenvalue weighted by Gasteiger charge is 2.44. The third-order valence-electron chi connectivity index (χ3n) is 6.48. The van der Waals surface area contributed by atoms with E-state index in [4.69, 9.17) is 4.74 Å². The van der Waals surface area contributed by atoms with Crippen molar-refractivity contribution >= 4 is 11.0 Å². The summed E-state index contributed by atoms with van der Waals surface area (Å²) in [7, 11) is 2.12. The second-order valence-electron chi connectivity index (χ2n) is 8.41. The minimum atomic E-state index is -0.940. The van der Waals surface area contributed by atoms with Crippen LogP contribution in [-0.4, -0.2) is 56.6 Å². The second kappa shape index (κ2) is 7.13. The zero-order valence-electron chi connectivity index (χ0n) is 16.8. The molecular formula is C23H27N3O3. The van der Waals surface area contributed by atoms with Gasteiger partial charge in [-0.2, -0.15) is 0 Å². The average molecular weight is 393 g/mol. The van der Waals surface area contributed by atoms with Crippen molar-refractivity contribution in [3.63, 3.8) is 0 Å². The molecule has 3 aromatic rings. The van der Waals surface area contributed by atoms with E-state index in [-0.39, 0.29) is 6.04 Å². The predicted octanol–water partition coefficient (Wildman–Crippen LogP) is 2.45. The highest BCUT2D eigenvalue weighted by Crippen LogP contribution is 2.37. The Morgan fingerprint density at radius 1 is 1.14 bits per heavy atom. The zero-order chi connectivity index (χ0) is 20.1. The minimum Gasteiger partial charge on any atom is -0.487 e. The van der Waals surface area contributed by atoms with Crippen LogP contribution in [0.3, 0.4) is 0 Å². The molecule has 1 unspecified atom stereocenters. The molecule has 2 aromatic heterocycles. The van der Waals surface area contributed by atoms with E-state index >= 15 is 0 Å². The van der Waals surface area contributed by atoms with Crippen molar-refractivity contribution in [1.82, 2.24) is 14.5 Å². The van der Waals surface area contributed by atoms with Crippen molar-refractivity contribution in [2.75, 3.05) is 13.6 Å². The lowest BCUT2D eigenvalue weighted by Crippen LogP contribution is -2.34. The summed E-state index contributed by atoms with van der Waals surface area (Å²) in [5.74, 6) is 0.832. The lowest BCUT2D eigenvalue weighted by Gasteiger charge is -2.28. The number of likely N-dealkylation sites (N-methyl/N-ethyl adjacent to an activating group) is 1. The van der Waals surface area contributed by atoms with Gasteiger partial charge >= 0.3 is 0 Å². The van der Waals surface area contributed by atoms with Gasteiger partial charge in [0, 0.05) is 37.3 Å². The number of aliphatic hydroxyl groups is 2. The fourth-order valence-corrected chi connectivity index (χ4v) is 4.81. The molecule has 1 fully saturated rings. The molecule has 0 amide bonds. The number of hydrogen-bond acceptors (Lipinski definition) is 5. The van der Waals surface area contributed by atoms with E-state index in [1.54, 1.807) is 6.20 Å². The fraction of sp³-hybridized carbons (Fsp3) is 0.435. The Morgan fingerprint density at radius 3 is 2.86 bits per heavy atom. The highest BCUT2D eigenvalue weighted by molar-refractivity contribution is 5.79. The molecule has 152 valence electrons. The van der Waals surface area contributed by atoms with Gasteiger partial charge in [0.15, 0.2) is 0 Å². The normalized spacial score (nSPS) is 27.3. The van der Waals surface area contributed by atoms with Gasteiger partial charge in [-0.05, 0) is 55.3 Å². The van der Waals surface area contributed by atoms with E-state index in [1.807, 2.05) is 35.0 Å². The number of hydrogen-bond donors (Lipinski definition) is 2. The van der Waals surface area contributed by atoms with Crippen molar-refractivity contribution < 1.29 is 14.9 Å². The first kappa shape index (κ1) is 18.6. The van der Waals surface area contributed by atoms with Crippen LogP contribution in [0.5, 0.6) is 5.75 Å². The maximum Gasteiger partial charge on any atom is 0.140 e. The number of pyridine rings is 1. The number of aromatic nitrogens is 2. The molecule has 6 nitrogen and oxygen atoms in total. The van der Waals surface area contributed by atoms with Crippen molar-refractivity contribution in [3.8, 4) is 5.75 Å². The van der Waals surface area contributed by atoms with Gasteiger partial charge in [-0.1, -0.05) is 12.1 Å². The molecule has 1 aliphatic heterocycles. The summed E-state index contributed by atoms with van der Waals surface area (Å²) >= 11 is 0. The predicted molar refractivity (Wildman–Crippen MR) is 111 cm³/mol. The third kappa shape index (κ3) is 3.12. The summed E-state index contributed by atoms with van der Waals surface area (Å²) in [4.78, 5) is 6.80. The number of nitrogens with zero attached hydrogens (tertiary/aromatic N) is 3. The Hall–Kier alpha value is -2.41. The van der Waals surface area contributed by atoms with E-state index in [1.165, 1.54) is 11.1 Å². The van der Waals surface area contributed by atoms with Gasteiger partial charge < -0.3 is 24.4 Å². The first-order chi connectivity index (χ1) is 14.0. The van der Waals surface area contributed by atoms with Gasteiger partial charge in [0.1, 0.15) is 29.7 Å². The second-order valence-corrected chi connectivity index (χ2v) is 8.41. The molecule has 1 aromatic carbocycles. The highest BCUT2D eigenvalue weighted by atomic mass is 16.5. The van der Waals surface area contributed by atoms with Gasteiger partial charge in [0.05, 0.1) is 6.04 Å². The van der Waals surface area contributed by atoms with Crippen LogP contribution in [0.4, 0.5) is 0 Å². The SMILES string of the molecule is Cc1ccnc2c1ccn2C1C[C@H](Oc2cccc3c2CCN(C)C3)[C@@H](O)[C@H]1O. The van der Waals surface area contributed by atoms with Crippen LogP contribution in [0.25, 0.3) is 11.0 Å². The minimum absolute atomic E-state index is 0.271. The van der Waals surface area contributed by atoms with Crippen LogP contribution < -0.4 is 4.74 Å². The van der Waals surface area contributed by atoms with Crippen LogP contribution >= 0.6 is 0 Å². The Labute approximate surface area is 170 Å². The van der Waals surface area contributed by atoms with E-state index in [2.05, 4.69) is 29.9 Å². The first-order valence-corrected chi connectivity index (χ1v) is 10.3. The smallest absolute Gasteiger partial charge is 0.140 e. The number of aryl methyl sites for hydroxylation is 1. The average Bonchev–Trinajstić information content (AvgIpc) is 3.25. The molecule has 5 rings (SSSR count). The molecule has 0 spiro atoms. The molecule has 0 radical (unpaired) electrons.